The van der Waals surface area contributed by atoms with E-state index < -0.39 is 23.4 Å². The summed E-state index contributed by atoms with van der Waals surface area (Å²) in [7, 11) is 0. The maximum Gasteiger partial charge on any atom is 0.331 e. The number of benzene rings is 2. The fourth-order valence-electron chi connectivity index (χ4n) is 3.57. The van der Waals surface area contributed by atoms with Gasteiger partial charge in [0.15, 0.2) is 6.61 Å². The number of esters is 1. The van der Waals surface area contributed by atoms with Gasteiger partial charge in [-0.2, -0.15) is 0 Å². The molecule has 0 saturated carbocycles. The Bertz CT molecular complexity index is 1110. The summed E-state index contributed by atoms with van der Waals surface area (Å²) in [4.78, 5) is 37.3. The lowest BCUT2D eigenvalue weighted by Gasteiger charge is -2.31. The third-order valence-corrected chi connectivity index (χ3v) is 5.16. The molecular weight excluding hydrogens is 470 g/mol. The average Bonchev–Trinajstić information content (AvgIpc) is 2.88. The number of anilines is 2. The minimum atomic E-state index is -0.814. The molecule has 0 aliphatic carbocycles. The molecule has 1 amide bonds. The molecule has 1 aliphatic rings. The van der Waals surface area contributed by atoms with Gasteiger partial charge < -0.3 is 29.2 Å². The normalized spacial score (nSPS) is 13.3. The Kier molecular flexibility index (Phi) is 9.64. The fraction of sp³-hybridized carbons (Fsp3) is 0.360. The van der Waals surface area contributed by atoms with E-state index in [4.69, 9.17) is 18.9 Å². The highest BCUT2D eigenvalue weighted by Gasteiger charge is 2.21. The Morgan fingerprint density at radius 1 is 1.11 bits per heavy atom. The van der Waals surface area contributed by atoms with E-state index in [9.17, 15) is 19.7 Å². The average molecular weight is 500 g/mol. The molecule has 0 bridgehead atoms. The van der Waals surface area contributed by atoms with Crippen LogP contribution in [-0.2, 0) is 19.1 Å². The van der Waals surface area contributed by atoms with Gasteiger partial charge in [-0.05, 0) is 26.0 Å². The Balaban J connectivity index is 1.68. The first-order valence-electron chi connectivity index (χ1n) is 11.6. The summed E-state index contributed by atoms with van der Waals surface area (Å²) in [5.74, 6) is -0.350. The second-order valence-electron chi connectivity index (χ2n) is 7.59. The first-order chi connectivity index (χ1) is 17.4. The van der Waals surface area contributed by atoms with Gasteiger partial charge in [0.2, 0.25) is 0 Å². The molecule has 2 aromatic carbocycles. The maximum absolute atomic E-state index is 12.5. The topological polar surface area (TPSA) is 129 Å². The van der Waals surface area contributed by atoms with Crippen molar-refractivity contribution in [3.63, 3.8) is 0 Å². The Hall–Kier alpha value is -4.12. The second kappa shape index (κ2) is 13.1. The van der Waals surface area contributed by atoms with E-state index in [-0.39, 0.29) is 11.3 Å². The number of para-hydroxylation sites is 1. The lowest BCUT2D eigenvalue weighted by Crippen LogP contribution is -2.36. The monoisotopic (exact) mass is 499 g/mol. The van der Waals surface area contributed by atoms with E-state index in [1.165, 1.54) is 24.3 Å². The van der Waals surface area contributed by atoms with Gasteiger partial charge in [-0.25, -0.2) is 4.79 Å². The molecule has 1 heterocycles. The van der Waals surface area contributed by atoms with E-state index >= 15 is 0 Å². The molecule has 1 N–H and O–H groups in total. The molecule has 1 saturated heterocycles. The van der Waals surface area contributed by atoms with Crippen molar-refractivity contribution in [1.82, 2.24) is 0 Å². The minimum absolute atomic E-state index is 0.145. The van der Waals surface area contributed by atoms with Crippen molar-refractivity contribution in [3.8, 4) is 11.5 Å². The molecule has 11 nitrogen and oxygen atoms in total. The van der Waals surface area contributed by atoms with Crippen molar-refractivity contribution in [2.24, 2.45) is 0 Å². The summed E-state index contributed by atoms with van der Waals surface area (Å²) in [5.41, 5.74) is 1.32. The molecule has 0 atom stereocenters. The van der Waals surface area contributed by atoms with Crippen LogP contribution < -0.4 is 19.7 Å². The zero-order chi connectivity index (χ0) is 25.9. The molecule has 0 unspecified atom stereocenters. The van der Waals surface area contributed by atoms with E-state index in [0.29, 0.717) is 56.7 Å². The van der Waals surface area contributed by atoms with E-state index in [2.05, 4.69) is 10.2 Å². The van der Waals surface area contributed by atoms with E-state index in [1.807, 2.05) is 19.9 Å². The highest BCUT2D eigenvalue weighted by Crippen LogP contribution is 2.39. The van der Waals surface area contributed by atoms with Crippen molar-refractivity contribution in [2.45, 2.75) is 13.8 Å². The predicted octanol–water partition coefficient (Wildman–Crippen LogP) is 3.42. The first-order valence-corrected chi connectivity index (χ1v) is 11.6. The van der Waals surface area contributed by atoms with Crippen LogP contribution in [0.25, 0.3) is 6.08 Å². The summed E-state index contributed by atoms with van der Waals surface area (Å²) < 4.78 is 22.0. The lowest BCUT2D eigenvalue weighted by atomic mass is 10.1. The largest absolute Gasteiger partial charge is 0.492 e. The van der Waals surface area contributed by atoms with E-state index in [1.54, 1.807) is 12.1 Å². The number of nitro benzene ring substituents is 1. The van der Waals surface area contributed by atoms with Crippen molar-refractivity contribution >= 4 is 35.0 Å². The number of hydrogen-bond donors (Lipinski definition) is 1. The van der Waals surface area contributed by atoms with Crippen LogP contribution in [0.1, 0.15) is 19.4 Å². The van der Waals surface area contributed by atoms with Gasteiger partial charge in [-0.1, -0.05) is 12.1 Å². The third-order valence-electron chi connectivity index (χ3n) is 5.16. The van der Waals surface area contributed by atoms with Gasteiger partial charge in [0.1, 0.15) is 11.5 Å². The van der Waals surface area contributed by atoms with Gasteiger partial charge in [-0.3, -0.25) is 14.9 Å². The summed E-state index contributed by atoms with van der Waals surface area (Å²) in [6, 6.07) is 9.47. The van der Waals surface area contributed by atoms with Crippen molar-refractivity contribution in [1.29, 1.82) is 0 Å². The highest BCUT2D eigenvalue weighted by molar-refractivity contribution is 5.96. The Labute approximate surface area is 208 Å². The summed E-state index contributed by atoms with van der Waals surface area (Å²) in [6.45, 7) is 6.57. The maximum atomic E-state index is 12.5. The predicted molar refractivity (Wildman–Crippen MR) is 134 cm³/mol. The van der Waals surface area contributed by atoms with Crippen LogP contribution in [-0.4, -0.2) is 62.9 Å². The SMILES string of the molecule is CCOc1cc(N2CCOCC2)c(OCC)cc1NC(=O)COC(=O)/C=C/c1ccccc1[N+](=O)[O-]. The van der Waals surface area contributed by atoms with Gasteiger partial charge in [0.05, 0.1) is 48.3 Å². The Morgan fingerprint density at radius 3 is 2.50 bits per heavy atom. The van der Waals surface area contributed by atoms with Crippen molar-refractivity contribution in [3.05, 3.63) is 58.2 Å². The molecule has 1 fully saturated rings. The minimum Gasteiger partial charge on any atom is -0.492 e. The van der Waals surface area contributed by atoms with Gasteiger partial charge >= 0.3 is 5.97 Å². The van der Waals surface area contributed by atoms with E-state index in [0.717, 1.165) is 11.8 Å². The molecule has 192 valence electrons. The quantitative estimate of drug-likeness (QED) is 0.214. The summed E-state index contributed by atoms with van der Waals surface area (Å²) in [6.07, 6.45) is 2.30. The number of ether oxygens (including phenoxy) is 4. The van der Waals surface area contributed by atoms with Gasteiger partial charge in [-0.15, -0.1) is 0 Å². The van der Waals surface area contributed by atoms with Crippen molar-refractivity contribution < 1.29 is 33.5 Å². The number of carbonyl (C=O) groups is 2. The van der Waals surface area contributed by atoms with Crippen LogP contribution in [0.5, 0.6) is 11.5 Å². The fourth-order valence-corrected chi connectivity index (χ4v) is 3.57. The molecule has 1 aliphatic heterocycles. The smallest absolute Gasteiger partial charge is 0.331 e. The number of hydrogen-bond acceptors (Lipinski definition) is 9. The standard InChI is InChI=1S/C25H29N3O8/c1-3-34-22-16-21(27-11-13-33-14-12-27)23(35-4-2)15-19(22)26-24(29)17-36-25(30)10-9-18-7-5-6-8-20(18)28(31)32/h5-10,15-16H,3-4,11-14,17H2,1-2H3,(H,26,29)/b10-9+. The molecule has 0 aromatic heterocycles. The van der Waals surface area contributed by atoms with Crippen LogP contribution in [0.3, 0.4) is 0 Å². The summed E-state index contributed by atoms with van der Waals surface area (Å²) >= 11 is 0. The zero-order valence-corrected chi connectivity index (χ0v) is 20.2. The highest BCUT2D eigenvalue weighted by atomic mass is 16.6. The van der Waals surface area contributed by atoms with Gasteiger partial charge in [0.25, 0.3) is 11.6 Å². The number of nitro groups is 1. The summed E-state index contributed by atoms with van der Waals surface area (Å²) in [5, 5.41) is 13.8. The lowest BCUT2D eigenvalue weighted by molar-refractivity contribution is -0.385. The Morgan fingerprint density at radius 2 is 1.81 bits per heavy atom. The number of nitrogens with zero attached hydrogens (tertiary/aromatic N) is 2. The van der Waals surface area contributed by atoms with Crippen LogP contribution in [0, 0.1) is 10.1 Å². The molecule has 2 aromatic rings. The molecule has 0 radical (unpaired) electrons. The molecular formula is C25H29N3O8. The molecule has 3 rings (SSSR count). The van der Waals surface area contributed by atoms with Crippen LogP contribution in [0.2, 0.25) is 0 Å². The third kappa shape index (κ3) is 7.19. The zero-order valence-electron chi connectivity index (χ0n) is 20.2. The molecule has 0 spiro atoms. The number of carbonyl (C=O) groups excluding carboxylic acids is 2. The van der Waals surface area contributed by atoms with Crippen molar-refractivity contribution in [2.75, 3.05) is 56.3 Å². The number of nitrogens with one attached hydrogen (secondary N) is 1. The van der Waals surface area contributed by atoms with Gasteiger partial charge in [0, 0.05) is 37.4 Å². The second-order valence-corrected chi connectivity index (χ2v) is 7.59. The van der Waals surface area contributed by atoms with Crippen LogP contribution in [0.15, 0.2) is 42.5 Å². The first kappa shape index (κ1) is 26.5. The molecule has 36 heavy (non-hydrogen) atoms. The number of rotatable bonds is 11. The number of amides is 1. The van der Waals surface area contributed by atoms with Crippen LogP contribution >= 0.6 is 0 Å². The number of morpholine rings is 1. The molecule has 11 heteroatoms. The van der Waals surface area contributed by atoms with Crippen LogP contribution in [0.4, 0.5) is 17.1 Å².